The number of Topliss-reactive ketones (excluding diaryl/α,β-unsaturated/α-hetero) is 1. The molecule has 5 aromatic rings. The average molecular weight is 1550 g/mol. The predicted molar refractivity (Wildman–Crippen MR) is 408 cm³/mol. The van der Waals surface area contributed by atoms with Gasteiger partial charge >= 0.3 is 5.97 Å². The topological polar surface area (TPSA) is 347 Å². The van der Waals surface area contributed by atoms with E-state index < -0.39 is 0 Å². The lowest BCUT2D eigenvalue weighted by Crippen LogP contribution is -2.37. The SMILES string of the molecule is CC1CC(=O)N(C)C1=O.Cc1ccc(-c2nnc(C)c3c2CCC[C@H](OC(=O)CCCOCCOCCOCCN(CCOCCOCCOCCCC(=O)CCC(=O)N2Cc4ccccc4-c4n[nH]nc4-c4ccccc42)C(=O)CCOCCOCCOCCOCCNC(=O)CCN2C(=O)C[C@H](C)C2=O)CC3)cc1. The van der Waals surface area contributed by atoms with Crippen LogP contribution in [0.2, 0.25) is 0 Å². The van der Waals surface area contributed by atoms with Crippen molar-refractivity contribution >= 4 is 58.8 Å². The summed E-state index contributed by atoms with van der Waals surface area (Å²) in [6.45, 7) is 15.4. The molecule has 111 heavy (non-hydrogen) atoms. The van der Waals surface area contributed by atoms with Crippen LogP contribution in [0.1, 0.15) is 125 Å². The van der Waals surface area contributed by atoms with Crippen LogP contribution in [0.25, 0.3) is 33.8 Å². The number of aromatic amines is 1. The van der Waals surface area contributed by atoms with Crippen molar-refractivity contribution in [1.82, 2.24) is 45.6 Å². The third kappa shape index (κ3) is 29.7. The Labute approximate surface area is 650 Å². The lowest BCUT2D eigenvalue weighted by molar-refractivity contribution is -0.150. The highest BCUT2D eigenvalue weighted by Gasteiger charge is 2.36. The Morgan fingerprint density at radius 3 is 1.68 bits per heavy atom. The number of H-pyrrole nitrogens is 1. The number of hydrogen-bond acceptors (Lipinski definition) is 24. The molecule has 3 aromatic carbocycles. The van der Waals surface area contributed by atoms with E-state index >= 15 is 0 Å². The molecule has 9 rings (SSSR count). The summed E-state index contributed by atoms with van der Waals surface area (Å²) in [6.07, 6.45) is 6.53. The van der Waals surface area contributed by atoms with Crippen LogP contribution in [0, 0.1) is 25.7 Å². The van der Waals surface area contributed by atoms with Crippen molar-refractivity contribution in [3.05, 3.63) is 101 Å². The van der Waals surface area contributed by atoms with Gasteiger partial charge in [-0.15, -0.1) is 5.10 Å². The number of para-hydroxylation sites is 1. The number of ketones is 1. The van der Waals surface area contributed by atoms with E-state index in [2.05, 4.69) is 62.1 Å². The standard InChI is InChI=1S/C75H103N9O18.C6H9NO2/c1-55-19-21-58(22-20-55)72-64-16-8-13-61(24-25-62(64)57(3)77-78-72)102-71(90)18-10-34-93-40-46-99-50-44-97-38-32-82(68(87)28-35-94-41-47-100-51-52-101-48-42-95-36-29-76-67(86)27-30-83-70(89)53-56(2)75(83)91)31-37-96-43-49-98-45-39-92-33-9-12-60(85)23-26-69(88)84-54-59-11-4-5-14-63(59)73-74(80-81-79-73)65-15-6-7-17-66(65)84;1-4-3-5(8)7(2)6(4)9/h4-7,11,14-15,17,19-22,56,61H,8-10,12-13,16,18,23-54H2,1-3H3,(H,76,86)(H,79,80,81);4H,3H2,1-2H3/t56-,61-;/m0./s1. The zero-order valence-electron chi connectivity index (χ0n) is 65.2. The molecule has 3 atom stereocenters. The number of amides is 7. The normalized spacial score (nSPS) is 16.0. The quantitative estimate of drug-likeness (QED) is 0.0222. The zero-order valence-corrected chi connectivity index (χ0v) is 65.2. The molecule has 2 fully saturated rings. The molecule has 5 heterocycles. The summed E-state index contributed by atoms with van der Waals surface area (Å²) in [6, 6.07) is 23.8. The van der Waals surface area contributed by atoms with Crippen LogP contribution in [0.4, 0.5) is 5.69 Å². The summed E-state index contributed by atoms with van der Waals surface area (Å²) in [5, 5.41) is 23.4. The predicted octanol–water partition coefficient (Wildman–Crippen LogP) is 7.15. The van der Waals surface area contributed by atoms with Crippen molar-refractivity contribution in [1.29, 1.82) is 0 Å². The van der Waals surface area contributed by atoms with E-state index in [0.717, 1.165) is 82.0 Å². The molecular weight excluding hydrogens is 1430 g/mol. The van der Waals surface area contributed by atoms with Crippen LogP contribution in [-0.4, -0.2) is 265 Å². The third-order valence-electron chi connectivity index (χ3n) is 19.2. The maximum atomic E-state index is 13.8. The van der Waals surface area contributed by atoms with Gasteiger partial charge in [-0.2, -0.15) is 20.5 Å². The fraction of sp³-hybridized carbons (Fsp3) is 0.593. The van der Waals surface area contributed by atoms with Crippen molar-refractivity contribution in [3.63, 3.8) is 0 Å². The lowest BCUT2D eigenvalue weighted by atomic mass is 9.89. The summed E-state index contributed by atoms with van der Waals surface area (Å²) >= 11 is 0. The van der Waals surface area contributed by atoms with Gasteiger partial charge in [-0.25, -0.2) is 0 Å². The van der Waals surface area contributed by atoms with Gasteiger partial charge in [0.25, 0.3) is 0 Å². The second-order valence-corrected chi connectivity index (χ2v) is 27.7. The second kappa shape index (κ2) is 48.9. The second-order valence-electron chi connectivity index (χ2n) is 27.7. The number of aryl methyl sites for hydroxylation is 2. The Bertz CT molecular complexity index is 3760. The number of aromatic nitrogens is 5. The summed E-state index contributed by atoms with van der Waals surface area (Å²) in [7, 11) is 1.52. The molecule has 2 N–H and O–H groups in total. The van der Waals surface area contributed by atoms with Crippen molar-refractivity contribution < 1.29 is 95.3 Å². The van der Waals surface area contributed by atoms with Gasteiger partial charge in [0.1, 0.15) is 23.3 Å². The minimum absolute atomic E-state index is 0.00805. The molecule has 30 nitrogen and oxygen atoms in total. The van der Waals surface area contributed by atoms with E-state index in [0.29, 0.717) is 157 Å². The molecule has 2 aromatic heterocycles. The smallest absolute Gasteiger partial charge is 0.306 e. The average Bonchev–Trinajstić information content (AvgIpc) is 1.75. The Balaban J connectivity index is 0.00000160. The van der Waals surface area contributed by atoms with E-state index in [-0.39, 0.29) is 149 Å². The fourth-order valence-electron chi connectivity index (χ4n) is 13.0. The Morgan fingerprint density at radius 1 is 0.532 bits per heavy atom. The number of hydrogen-bond donors (Lipinski definition) is 2. The van der Waals surface area contributed by atoms with Gasteiger partial charge in [-0.05, 0) is 81.5 Å². The molecule has 3 aliphatic heterocycles. The maximum Gasteiger partial charge on any atom is 0.306 e. The molecule has 0 spiro atoms. The summed E-state index contributed by atoms with van der Waals surface area (Å²) in [5.41, 5.74) is 11.3. The molecule has 0 saturated carbocycles. The molecule has 30 heteroatoms. The first-order valence-corrected chi connectivity index (χ1v) is 39.0. The molecule has 0 radical (unpaired) electrons. The maximum absolute atomic E-state index is 13.8. The number of nitrogens with one attached hydrogen (secondary N) is 2. The number of likely N-dealkylation sites (tertiary alicyclic amines) is 2. The van der Waals surface area contributed by atoms with Crippen molar-refractivity contribution in [2.75, 3.05) is 170 Å². The van der Waals surface area contributed by atoms with E-state index in [9.17, 15) is 43.2 Å². The van der Waals surface area contributed by atoms with Crippen LogP contribution in [-0.2, 0) is 115 Å². The van der Waals surface area contributed by atoms with Crippen LogP contribution < -0.4 is 10.2 Å². The Morgan fingerprint density at radius 2 is 1.08 bits per heavy atom. The molecule has 606 valence electrons. The van der Waals surface area contributed by atoms with E-state index in [1.807, 2.05) is 55.5 Å². The number of nitrogens with zero attached hydrogens (tertiary/aromatic N) is 8. The molecule has 4 aliphatic rings. The first-order valence-electron chi connectivity index (χ1n) is 39.0. The Hall–Kier alpha value is -8.69. The minimum Gasteiger partial charge on any atom is -0.462 e. The first-order chi connectivity index (χ1) is 54.0. The fourth-order valence-corrected chi connectivity index (χ4v) is 13.0. The van der Waals surface area contributed by atoms with Crippen LogP contribution in [0.5, 0.6) is 0 Å². The van der Waals surface area contributed by atoms with E-state index in [1.165, 1.54) is 28.6 Å². The number of ether oxygens (including phenoxy) is 11. The lowest BCUT2D eigenvalue weighted by Gasteiger charge is -2.28. The number of carbonyl (C=O) groups is 9. The van der Waals surface area contributed by atoms with E-state index in [4.69, 9.17) is 52.1 Å². The highest BCUT2D eigenvalue weighted by atomic mass is 16.6. The number of carbonyl (C=O) groups excluding carboxylic acids is 9. The van der Waals surface area contributed by atoms with Crippen LogP contribution in [0.15, 0.2) is 72.8 Å². The van der Waals surface area contributed by atoms with Crippen LogP contribution in [0.3, 0.4) is 0 Å². The van der Waals surface area contributed by atoms with Gasteiger partial charge in [-0.1, -0.05) is 86.1 Å². The number of fused-ring (bicyclic) bond motifs is 6. The highest BCUT2D eigenvalue weighted by Crippen LogP contribution is 2.40. The summed E-state index contributed by atoms with van der Waals surface area (Å²) in [4.78, 5) is 116. The van der Waals surface area contributed by atoms with Gasteiger partial charge in [-0.3, -0.25) is 53.0 Å². The van der Waals surface area contributed by atoms with Gasteiger partial charge < -0.3 is 67.2 Å². The van der Waals surface area contributed by atoms with Crippen molar-refractivity contribution in [2.24, 2.45) is 11.8 Å². The number of esters is 1. The molecular formula is C81H112N10O20. The van der Waals surface area contributed by atoms with Gasteiger partial charge in [0.2, 0.25) is 41.4 Å². The number of benzene rings is 3. The molecule has 2 saturated heterocycles. The molecule has 1 aliphatic carbocycles. The van der Waals surface area contributed by atoms with Crippen molar-refractivity contribution in [2.45, 2.75) is 137 Å². The number of imide groups is 2. The van der Waals surface area contributed by atoms with Crippen LogP contribution >= 0.6 is 0 Å². The van der Waals surface area contributed by atoms with Gasteiger partial charge in [0.05, 0.1) is 149 Å². The third-order valence-corrected chi connectivity index (χ3v) is 19.2. The summed E-state index contributed by atoms with van der Waals surface area (Å²) < 4.78 is 62.9. The summed E-state index contributed by atoms with van der Waals surface area (Å²) in [5.74, 6) is -1.78. The van der Waals surface area contributed by atoms with E-state index in [1.54, 1.807) is 23.6 Å². The largest absolute Gasteiger partial charge is 0.462 e. The number of anilines is 1. The monoisotopic (exact) mass is 1540 g/mol. The molecule has 0 bridgehead atoms. The Kier molecular flexibility index (Phi) is 38.8. The first kappa shape index (κ1) is 87.9. The van der Waals surface area contributed by atoms with Crippen molar-refractivity contribution in [3.8, 4) is 33.8 Å². The highest BCUT2D eigenvalue weighted by molar-refractivity contribution is 6.04. The van der Waals surface area contributed by atoms with Gasteiger partial charge in [0.15, 0.2) is 0 Å². The zero-order chi connectivity index (χ0) is 79.0. The van der Waals surface area contributed by atoms with Gasteiger partial charge in [0, 0.05) is 120 Å². The number of rotatable bonds is 49. The molecule has 1 unspecified atom stereocenters. The minimum atomic E-state index is -0.337. The molecule has 7 amide bonds.